The fourth-order valence-electron chi connectivity index (χ4n) is 4.72. The molecule has 4 heteroatoms. The van der Waals surface area contributed by atoms with Crippen LogP contribution < -0.4 is 0 Å². The minimum absolute atomic E-state index is 0.932. The lowest BCUT2D eigenvalue weighted by Gasteiger charge is -2.08. The zero-order valence-corrected chi connectivity index (χ0v) is 17.9. The molecule has 156 valence electrons. The molecule has 0 saturated heterocycles. The predicted octanol–water partition coefficient (Wildman–Crippen LogP) is 6.73. The van der Waals surface area contributed by atoms with Gasteiger partial charge in [0.2, 0.25) is 0 Å². The molecule has 1 aliphatic rings. The van der Waals surface area contributed by atoms with Gasteiger partial charge in [0.15, 0.2) is 5.82 Å². The van der Waals surface area contributed by atoms with E-state index in [1.54, 1.807) is 0 Å². The number of benzene rings is 4. The molecule has 0 N–H and O–H groups in total. The number of aryl methyl sites for hydroxylation is 1. The largest absolute Gasteiger partial charge is 0.311 e. The third kappa shape index (κ3) is 3.38. The van der Waals surface area contributed by atoms with Crippen molar-refractivity contribution in [2.24, 2.45) is 4.99 Å². The number of fused-ring (bicyclic) bond motifs is 3. The molecule has 1 aromatic heterocycles. The first kappa shape index (κ1) is 18.9. The van der Waals surface area contributed by atoms with Crippen LogP contribution in [0.4, 0.5) is 5.69 Å². The normalized spacial score (nSPS) is 14.1. The van der Waals surface area contributed by atoms with Crippen LogP contribution in [0.5, 0.6) is 0 Å². The average Bonchev–Trinajstić information content (AvgIpc) is 3.10. The van der Waals surface area contributed by atoms with Crippen LogP contribution in [-0.4, -0.2) is 21.0 Å². The Labute approximate surface area is 187 Å². The number of aliphatic imine (C=N–C) groups is 1. The molecule has 0 radical (unpaired) electrons. The monoisotopic (exact) mass is 416 g/mol. The van der Waals surface area contributed by atoms with E-state index >= 15 is 0 Å². The zero-order chi connectivity index (χ0) is 21.3. The Kier molecular flexibility index (Phi) is 4.76. The molecule has 1 aliphatic heterocycles. The second-order valence-corrected chi connectivity index (χ2v) is 8.44. The molecular formula is C28H24N4. The minimum atomic E-state index is 0.932. The first-order chi connectivity index (χ1) is 15.9. The molecule has 0 bridgehead atoms. The van der Waals surface area contributed by atoms with E-state index in [0.29, 0.717) is 0 Å². The topological polar surface area (TPSA) is 43.1 Å². The number of nitrogens with zero attached hydrogens (tertiary/aromatic N) is 4. The molecule has 4 aromatic carbocycles. The van der Waals surface area contributed by atoms with E-state index in [9.17, 15) is 0 Å². The SMILES string of the molecule is C(=Nc1ccc(-c2nnc3n2CCCCC3)cc1)c1c2ccccc2cc2ccccc12. The molecule has 0 aliphatic carbocycles. The van der Waals surface area contributed by atoms with E-state index in [1.807, 2.05) is 6.21 Å². The smallest absolute Gasteiger partial charge is 0.163 e. The van der Waals surface area contributed by atoms with Gasteiger partial charge in [-0.15, -0.1) is 10.2 Å². The summed E-state index contributed by atoms with van der Waals surface area (Å²) in [6.45, 7) is 1.01. The highest BCUT2D eigenvalue weighted by molar-refractivity contribution is 6.13. The molecule has 0 saturated carbocycles. The van der Waals surface area contributed by atoms with Gasteiger partial charge in [0, 0.05) is 30.3 Å². The Morgan fingerprint density at radius 3 is 2.22 bits per heavy atom. The van der Waals surface area contributed by atoms with Crippen LogP contribution in [0.15, 0.2) is 83.9 Å². The Morgan fingerprint density at radius 1 is 0.750 bits per heavy atom. The van der Waals surface area contributed by atoms with E-state index in [-0.39, 0.29) is 0 Å². The van der Waals surface area contributed by atoms with Crippen LogP contribution in [0.25, 0.3) is 32.9 Å². The van der Waals surface area contributed by atoms with Gasteiger partial charge in [-0.25, -0.2) is 0 Å². The van der Waals surface area contributed by atoms with Gasteiger partial charge >= 0.3 is 0 Å². The summed E-state index contributed by atoms with van der Waals surface area (Å²) in [7, 11) is 0. The first-order valence-electron chi connectivity index (χ1n) is 11.3. The second kappa shape index (κ2) is 8.04. The minimum Gasteiger partial charge on any atom is -0.311 e. The number of aromatic nitrogens is 3. The highest BCUT2D eigenvalue weighted by atomic mass is 15.3. The van der Waals surface area contributed by atoms with E-state index in [1.165, 1.54) is 40.8 Å². The Morgan fingerprint density at radius 2 is 1.47 bits per heavy atom. The molecule has 32 heavy (non-hydrogen) atoms. The van der Waals surface area contributed by atoms with E-state index in [4.69, 9.17) is 4.99 Å². The maximum absolute atomic E-state index is 4.83. The molecule has 0 spiro atoms. The van der Waals surface area contributed by atoms with Crippen molar-refractivity contribution in [3.63, 3.8) is 0 Å². The Bertz CT molecular complexity index is 1390. The van der Waals surface area contributed by atoms with Crippen molar-refractivity contribution in [1.29, 1.82) is 0 Å². The van der Waals surface area contributed by atoms with Crippen LogP contribution in [0.2, 0.25) is 0 Å². The van der Waals surface area contributed by atoms with Crippen LogP contribution in [0.1, 0.15) is 30.7 Å². The van der Waals surface area contributed by atoms with E-state index in [0.717, 1.165) is 41.4 Å². The maximum atomic E-state index is 4.83. The number of rotatable bonds is 3. The summed E-state index contributed by atoms with van der Waals surface area (Å²) < 4.78 is 2.29. The van der Waals surface area contributed by atoms with E-state index in [2.05, 4.69) is 93.6 Å². The summed E-state index contributed by atoms with van der Waals surface area (Å²) in [5, 5.41) is 13.8. The van der Waals surface area contributed by atoms with Gasteiger partial charge in [0.05, 0.1) is 5.69 Å². The van der Waals surface area contributed by atoms with Crippen LogP contribution >= 0.6 is 0 Å². The van der Waals surface area contributed by atoms with Gasteiger partial charge in [-0.1, -0.05) is 55.0 Å². The Hall–Kier alpha value is -3.79. The van der Waals surface area contributed by atoms with Crippen molar-refractivity contribution in [3.8, 4) is 11.4 Å². The quantitative estimate of drug-likeness (QED) is 0.242. The van der Waals surface area contributed by atoms with Crippen molar-refractivity contribution in [1.82, 2.24) is 14.8 Å². The molecule has 0 atom stereocenters. The van der Waals surface area contributed by atoms with Gasteiger partial charge in [-0.05, 0) is 64.7 Å². The molecule has 0 unspecified atom stereocenters. The second-order valence-electron chi connectivity index (χ2n) is 8.44. The highest BCUT2D eigenvalue weighted by Crippen LogP contribution is 2.29. The molecular weight excluding hydrogens is 392 g/mol. The lowest BCUT2D eigenvalue weighted by Crippen LogP contribution is -2.02. The predicted molar refractivity (Wildman–Crippen MR) is 132 cm³/mol. The van der Waals surface area contributed by atoms with Crippen LogP contribution in [0, 0.1) is 0 Å². The lowest BCUT2D eigenvalue weighted by atomic mass is 9.97. The first-order valence-corrected chi connectivity index (χ1v) is 11.3. The van der Waals surface area contributed by atoms with E-state index < -0.39 is 0 Å². The lowest BCUT2D eigenvalue weighted by molar-refractivity contribution is 0.636. The van der Waals surface area contributed by atoms with Crippen LogP contribution in [0.3, 0.4) is 0 Å². The standard InChI is InChI=1S/C28H24N4/c1-2-12-27-30-31-28(32(27)17-7-1)20-13-15-23(16-14-20)29-19-26-24-10-5-3-8-21(24)18-22-9-4-6-11-25(22)26/h3-6,8-11,13-16,18-19H,1-2,7,12,17H2. The number of hydrogen-bond acceptors (Lipinski definition) is 3. The highest BCUT2D eigenvalue weighted by Gasteiger charge is 2.15. The fourth-order valence-corrected chi connectivity index (χ4v) is 4.72. The van der Waals surface area contributed by atoms with Crippen molar-refractivity contribution in [2.45, 2.75) is 32.2 Å². The average molecular weight is 417 g/mol. The molecule has 0 fully saturated rings. The van der Waals surface area contributed by atoms with Gasteiger partial charge < -0.3 is 4.57 Å². The maximum Gasteiger partial charge on any atom is 0.163 e. The van der Waals surface area contributed by atoms with Crippen molar-refractivity contribution < 1.29 is 0 Å². The van der Waals surface area contributed by atoms with Gasteiger partial charge in [-0.2, -0.15) is 0 Å². The van der Waals surface area contributed by atoms with Gasteiger partial charge in [0.25, 0.3) is 0 Å². The third-order valence-corrected chi connectivity index (χ3v) is 6.39. The van der Waals surface area contributed by atoms with Crippen LogP contribution in [-0.2, 0) is 13.0 Å². The third-order valence-electron chi connectivity index (χ3n) is 6.39. The van der Waals surface area contributed by atoms with Crippen molar-refractivity contribution >= 4 is 33.4 Å². The fraction of sp³-hybridized carbons (Fsp3) is 0.179. The summed E-state index contributed by atoms with van der Waals surface area (Å²) in [5.41, 5.74) is 3.19. The molecule has 5 aromatic rings. The molecule has 4 nitrogen and oxygen atoms in total. The molecule has 0 amide bonds. The van der Waals surface area contributed by atoms with Crippen molar-refractivity contribution in [3.05, 3.63) is 90.3 Å². The summed E-state index contributed by atoms with van der Waals surface area (Å²) in [5.74, 6) is 2.08. The number of hydrogen-bond donors (Lipinski definition) is 0. The summed E-state index contributed by atoms with van der Waals surface area (Å²) in [4.78, 5) is 4.83. The Balaban J connectivity index is 1.36. The molecule has 2 heterocycles. The summed E-state index contributed by atoms with van der Waals surface area (Å²) in [6, 6.07) is 27.6. The zero-order valence-electron chi connectivity index (χ0n) is 17.9. The van der Waals surface area contributed by atoms with Crippen molar-refractivity contribution in [2.75, 3.05) is 0 Å². The molecule has 6 rings (SSSR count). The van der Waals surface area contributed by atoms with Gasteiger partial charge in [0.1, 0.15) is 5.82 Å². The van der Waals surface area contributed by atoms with Gasteiger partial charge in [-0.3, -0.25) is 4.99 Å². The summed E-state index contributed by atoms with van der Waals surface area (Å²) >= 11 is 0. The summed E-state index contributed by atoms with van der Waals surface area (Å²) in [6.07, 6.45) is 6.69.